The van der Waals surface area contributed by atoms with Gasteiger partial charge >= 0.3 is 0 Å². The second kappa shape index (κ2) is 7.64. The molecular weight excluding hydrogens is 266 g/mol. The molecule has 4 heteroatoms. The van der Waals surface area contributed by atoms with Gasteiger partial charge in [0.05, 0.1) is 5.38 Å². The summed E-state index contributed by atoms with van der Waals surface area (Å²) in [5.41, 5.74) is 0. The summed E-state index contributed by atoms with van der Waals surface area (Å²) in [6.07, 6.45) is 8.89. The average molecular weight is 290 g/mol. The Hall–Kier alpha value is 0.110. The SMILES string of the molecule is O=C(CC1CCSCC1)NC1CCCCCC1Cl. The number of nitrogens with one attached hydrogen (secondary N) is 1. The fourth-order valence-electron chi connectivity index (χ4n) is 2.90. The maximum absolute atomic E-state index is 12.1. The molecule has 2 fully saturated rings. The number of carbonyl (C=O) groups is 1. The monoisotopic (exact) mass is 289 g/mol. The molecule has 0 radical (unpaired) electrons. The predicted octanol–water partition coefficient (Wildman–Crippen LogP) is 3.58. The fourth-order valence-corrected chi connectivity index (χ4v) is 4.45. The predicted molar refractivity (Wildman–Crippen MR) is 79.3 cm³/mol. The highest BCUT2D eigenvalue weighted by Crippen LogP contribution is 2.26. The first-order chi connectivity index (χ1) is 8.75. The van der Waals surface area contributed by atoms with Gasteiger partial charge in [-0.05, 0) is 43.1 Å². The third kappa shape index (κ3) is 4.65. The minimum atomic E-state index is 0.137. The van der Waals surface area contributed by atoms with Crippen LogP contribution in [0.4, 0.5) is 0 Å². The Bertz CT molecular complexity index is 269. The summed E-state index contributed by atoms with van der Waals surface area (Å²) in [5, 5.41) is 3.32. The van der Waals surface area contributed by atoms with Crippen molar-refractivity contribution in [1.29, 1.82) is 0 Å². The molecule has 2 unspecified atom stereocenters. The Morgan fingerprint density at radius 2 is 1.83 bits per heavy atom. The van der Waals surface area contributed by atoms with Gasteiger partial charge in [-0.15, -0.1) is 11.6 Å². The van der Waals surface area contributed by atoms with Gasteiger partial charge in [0, 0.05) is 12.5 Å². The molecule has 1 saturated heterocycles. The first kappa shape index (κ1) is 14.5. The van der Waals surface area contributed by atoms with Gasteiger partial charge in [-0.25, -0.2) is 0 Å². The van der Waals surface area contributed by atoms with Crippen LogP contribution in [-0.4, -0.2) is 28.8 Å². The molecule has 2 nitrogen and oxygen atoms in total. The Balaban J connectivity index is 1.74. The molecule has 104 valence electrons. The average Bonchev–Trinajstić information content (AvgIpc) is 2.56. The van der Waals surface area contributed by atoms with Crippen LogP contribution in [-0.2, 0) is 4.79 Å². The quantitative estimate of drug-likeness (QED) is 0.636. The van der Waals surface area contributed by atoms with Crippen LogP contribution in [0.15, 0.2) is 0 Å². The first-order valence-corrected chi connectivity index (χ1v) is 8.86. The van der Waals surface area contributed by atoms with Crippen molar-refractivity contribution in [2.45, 2.75) is 62.8 Å². The topological polar surface area (TPSA) is 29.1 Å². The summed E-state index contributed by atoms with van der Waals surface area (Å²) < 4.78 is 0. The highest BCUT2D eigenvalue weighted by Gasteiger charge is 2.24. The second-order valence-electron chi connectivity index (χ2n) is 5.59. The Morgan fingerprint density at radius 1 is 1.11 bits per heavy atom. The summed E-state index contributed by atoms with van der Waals surface area (Å²) in [4.78, 5) is 12.1. The number of hydrogen-bond acceptors (Lipinski definition) is 2. The number of amides is 1. The zero-order valence-corrected chi connectivity index (χ0v) is 12.6. The molecule has 1 N–H and O–H groups in total. The molecule has 0 bridgehead atoms. The Labute approximate surface area is 120 Å². The van der Waals surface area contributed by atoms with Crippen molar-refractivity contribution in [1.82, 2.24) is 5.32 Å². The van der Waals surface area contributed by atoms with Crippen molar-refractivity contribution in [3.63, 3.8) is 0 Å². The van der Waals surface area contributed by atoms with E-state index in [1.54, 1.807) is 0 Å². The van der Waals surface area contributed by atoms with Crippen molar-refractivity contribution in [2.24, 2.45) is 5.92 Å². The number of alkyl halides is 1. The molecule has 1 aliphatic carbocycles. The smallest absolute Gasteiger partial charge is 0.220 e. The van der Waals surface area contributed by atoms with Crippen molar-refractivity contribution in [3.8, 4) is 0 Å². The van der Waals surface area contributed by atoms with Gasteiger partial charge in [-0.3, -0.25) is 4.79 Å². The lowest BCUT2D eigenvalue weighted by molar-refractivity contribution is -0.122. The summed E-state index contributed by atoms with van der Waals surface area (Å²) >= 11 is 8.37. The van der Waals surface area contributed by atoms with Gasteiger partial charge in [-0.2, -0.15) is 11.8 Å². The third-order valence-electron chi connectivity index (χ3n) is 4.09. The van der Waals surface area contributed by atoms with Gasteiger partial charge in [0.15, 0.2) is 0 Å². The van der Waals surface area contributed by atoms with Crippen LogP contribution in [0.25, 0.3) is 0 Å². The van der Waals surface area contributed by atoms with Crippen LogP contribution in [0, 0.1) is 5.92 Å². The van der Waals surface area contributed by atoms with E-state index in [-0.39, 0.29) is 17.3 Å². The first-order valence-electron chi connectivity index (χ1n) is 7.27. The van der Waals surface area contributed by atoms with Crippen LogP contribution < -0.4 is 5.32 Å². The van der Waals surface area contributed by atoms with E-state index >= 15 is 0 Å². The summed E-state index contributed by atoms with van der Waals surface area (Å²) in [6, 6.07) is 0.208. The van der Waals surface area contributed by atoms with Crippen molar-refractivity contribution >= 4 is 29.3 Å². The van der Waals surface area contributed by atoms with E-state index in [9.17, 15) is 4.79 Å². The van der Waals surface area contributed by atoms with E-state index in [0.717, 1.165) is 12.8 Å². The molecule has 0 aromatic heterocycles. The number of carbonyl (C=O) groups excluding carboxylic acids is 1. The molecule has 1 amide bonds. The van der Waals surface area contributed by atoms with Crippen molar-refractivity contribution < 1.29 is 4.79 Å². The third-order valence-corrected chi connectivity index (χ3v) is 5.66. The summed E-state index contributed by atoms with van der Waals surface area (Å²) in [6.45, 7) is 0. The van der Waals surface area contributed by atoms with Crippen LogP contribution >= 0.6 is 23.4 Å². The van der Waals surface area contributed by atoms with Gasteiger partial charge in [0.25, 0.3) is 0 Å². The summed E-state index contributed by atoms with van der Waals surface area (Å²) in [7, 11) is 0. The molecule has 1 aliphatic heterocycles. The van der Waals surface area contributed by atoms with E-state index in [2.05, 4.69) is 5.32 Å². The fraction of sp³-hybridized carbons (Fsp3) is 0.929. The maximum atomic E-state index is 12.1. The highest BCUT2D eigenvalue weighted by molar-refractivity contribution is 7.99. The van der Waals surface area contributed by atoms with Crippen molar-refractivity contribution in [2.75, 3.05) is 11.5 Å². The van der Waals surface area contributed by atoms with E-state index in [4.69, 9.17) is 11.6 Å². The minimum Gasteiger partial charge on any atom is -0.352 e. The summed E-state index contributed by atoms with van der Waals surface area (Å²) in [5.74, 6) is 3.27. The second-order valence-corrected chi connectivity index (χ2v) is 7.37. The number of hydrogen-bond donors (Lipinski definition) is 1. The minimum absolute atomic E-state index is 0.137. The van der Waals surface area contributed by atoms with Gasteiger partial charge in [0.1, 0.15) is 0 Å². The van der Waals surface area contributed by atoms with Gasteiger partial charge < -0.3 is 5.32 Å². The molecule has 18 heavy (non-hydrogen) atoms. The van der Waals surface area contributed by atoms with Crippen LogP contribution in [0.5, 0.6) is 0 Å². The standard InChI is InChI=1S/C14H24ClNOS/c15-12-4-2-1-3-5-13(12)16-14(17)10-11-6-8-18-9-7-11/h11-13H,1-10H2,(H,16,17). The number of halogens is 1. The zero-order chi connectivity index (χ0) is 12.8. The molecule has 1 saturated carbocycles. The lowest BCUT2D eigenvalue weighted by Crippen LogP contribution is -2.41. The normalized spacial score (nSPS) is 30.7. The number of thioether (sulfide) groups is 1. The highest BCUT2D eigenvalue weighted by atomic mass is 35.5. The molecule has 2 aliphatic rings. The molecule has 0 aromatic carbocycles. The van der Waals surface area contributed by atoms with E-state index < -0.39 is 0 Å². The molecule has 1 heterocycles. The van der Waals surface area contributed by atoms with E-state index in [1.807, 2.05) is 11.8 Å². The van der Waals surface area contributed by atoms with E-state index in [1.165, 1.54) is 43.6 Å². The molecule has 0 aromatic rings. The Morgan fingerprint density at radius 3 is 2.61 bits per heavy atom. The largest absolute Gasteiger partial charge is 0.352 e. The van der Waals surface area contributed by atoms with Crippen molar-refractivity contribution in [3.05, 3.63) is 0 Å². The van der Waals surface area contributed by atoms with E-state index in [0.29, 0.717) is 12.3 Å². The zero-order valence-electron chi connectivity index (χ0n) is 11.0. The lowest BCUT2D eigenvalue weighted by Gasteiger charge is -2.24. The molecular formula is C14H24ClNOS. The van der Waals surface area contributed by atoms with Crippen LogP contribution in [0.2, 0.25) is 0 Å². The lowest BCUT2D eigenvalue weighted by atomic mass is 9.98. The Kier molecular flexibility index (Phi) is 6.16. The number of rotatable bonds is 3. The van der Waals surface area contributed by atoms with Gasteiger partial charge in [-0.1, -0.05) is 19.3 Å². The maximum Gasteiger partial charge on any atom is 0.220 e. The van der Waals surface area contributed by atoms with Crippen LogP contribution in [0.1, 0.15) is 51.4 Å². The van der Waals surface area contributed by atoms with Crippen LogP contribution in [0.3, 0.4) is 0 Å². The molecule has 0 spiro atoms. The molecule has 2 atom stereocenters. The van der Waals surface area contributed by atoms with Gasteiger partial charge in [0.2, 0.25) is 5.91 Å². The molecule has 2 rings (SSSR count).